The third-order valence-electron chi connectivity index (χ3n) is 2.25. The van der Waals surface area contributed by atoms with Crippen LogP contribution in [0.2, 0.25) is 0 Å². The lowest BCUT2D eigenvalue weighted by molar-refractivity contribution is 0.908. The molecule has 68 valence electrons. The van der Waals surface area contributed by atoms with Gasteiger partial charge in [0, 0.05) is 5.71 Å². The lowest BCUT2D eigenvalue weighted by atomic mass is 10.2. The van der Waals surface area contributed by atoms with Crippen molar-refractivity contribution in [2.75, 3.05) is 6.54 Å². The zero-order chi connectivity index (χ0) is 9.26. The van der Waals surface area contributed by atoms with E-state index >= 15 is 0 Å². The van der Waals surface area contributed by atoms with Gasteiger partial charge in [0.1, 0.15) is 0 Å². The minimum atomic E-state index is 0.503. The average molecular weight is 174 g/mol. The van der Waals surface area contributed by atoms with Crippen LogP contribution < -0.4 is 5.32 Å². The van der Waals surface area contributed by atoms with Gasteiger partial charge in [-0.25, -0.2) is 0 Å². The molecule has 0 fully saturated rings. The molecule has 2 rings (SSSR count). The maximum atomic E-state index is 4.49. The molecule has 0 spiro atoms. The third-order valence-corrected chi connectivity index (χ3v) is 2.25. The van der Waals surface area contributed by atoms with Gasteiger partial charge in [-0.2, -0.15) is 0 Å². The first kappa shape index (κ1) is 8.30. The summed E-state index contributed by atoms with van der Waals surface area (Å²) >= 11 is 0. The van der Waals surface area contributed by atoms with Crippen LogP contribution in [-0.4, -0.2) is 12.3 Å². The Balaban J connectivity index is 2.37. The SMILES string of the molecule is CC1=NC2=C(C=CC(C)C=C2)NC1. The molecule has 0 aromatic carbocycles. The summed E-state index contributed by atoms with van der Waals surface area (Å²) in [5.74, 6) is 0.503. The molecule has 2 aliphatic rings. The fourth-order valence-corrected chi connectivity index (χ4v) is 1.45. The summed E-state index contributed by atoms with van der Waals surface area (Å²) < 4.78 is 0. The zero-order valence-corrected chi connectivity index (χ0v) is 8.04. The Hall–Kier alpha value is -1.31. The van der Waals surface area contributed by atoms with Crippen LogP contribution in [0.1, 0.15) is 13.8 Å². The van der Waals surface area contributed by atoms with Crippen molar-refractivity contribution in [3.63, 3.8) is 0 Å². The fourth-order valence-electron chi connectivity index (χ4n) is 1.45. The monoisotopic (exact) mass is 174 g/mol. The number of hydrogen-bond acceptors (Lipinski definition) is 2. The highest BCUT2D eigenvalue weighted by molar-refractivity contribution is 5.86. The molecule has 2 nitrogen and oxygen atoms in total. The second-order valence-electron chi connectivity index (χ2n) is 3.58. The van der Waals surface area contributed by atoms with E-state index in [9.17, 15) is 0 Å². The van der Waals surface area contributed by atoms with Gasteiger partial charge in [-0.1, -0.05) is 19.1 Å². The van der Waals surface area contributed by atoms with E-state index in [1.165, 1.54) is 0 Å². The van der Waals surface area contributed by atoms with Crippen LogP contribution in [0.3, 0.4) is 0 Å². The van der Waals surface area contributed by atoms with Crippen molar-refractivity contribution >= 4 is 5.71 Å². The number of nitrogens with one attached hydrogen (secondary N) is 1. The summed E-state index contributed by atoms with van der Waals surface area (Å²) in [4.78, 5) is 4.49. The number of allylic oxidation sites excluding steroid dienone is 4. The first-order valence-electron chi connectivity index (χ1n) is 4.64. The lowest BCUT2D eigenvalue weighted by Crippen LogP contribution is -2.24. The Labute approximate surface area is 78.8 Å². The van der Waals surface area contributed by atoms with Crippen LogP contribution in [0.5, 0.6) is 0 Å². The Bertz CT molecular complexity index is 332. The second-order valence-corrected chi connectivity index (χ2v) is 3.58. The maximum Gasteiger partial charge on any atom is 0.0858 e. The molecular formula is C11H14N2. The van der Waals surface area contributed by atoms with Crippen LogP contribution in [-0.2, 0) is 0 Å². The normalized spacial score (nSPS) is 26.3. The average Bonchev–Trinajstić information content (AvgIpc) is 2.29. The first-order chi connectivity index (χ1) is 6.25. The number of nitrogens with zero attached hydrogens (tertiary/aromatic N) is 1. The van der Waals surface area contributed by atoms with Crippen molar-refractivity contribution < 1.29 is 0 Å². The van der Waals surface area contributed by atoms with Crippen molar-refractivity contribution in [3.05, 3.63) is 35.7 Å². The van der Waals surface area contributed by atoms with E-state index in [1.54, 1.807) is 0 Å². The van der Waals surface area contributed by atoms with Gasteiger partial charge < -0.3 is 5.32 Å². The molecule has 2 heteroatoms. The van der Waals surface area contributed by atoms with Crippen molar-refractivity contribution in [3.8, 4) is 0 Å². The Kier molecular flexibility index (Phi) is 2.05. The molecule has 1 unspecified atom stereocenters. The molecule has 0 bridgehead atoms. The summed E-state index contributed by atoms with van der Waals surface area (Å²) in [5.41, 5.74) is 3.35. The zero-order valence-electron chi connectivity index (χ0n) is 8.04. The molecule has 1 aliphatic heterocycles. The lowest BCUT2D eigenvalue weighted by Gasteiger charge is -2.14. The van der Waals surface area contributed by atoms with E-state index in [0.717, 1.165) is 23.7 Å². The van der Waals surface area contributed by atoms with Crippen LogP contribution in [0.4, 0.5) is 0 Å². The van der Waals surface area contributed by atoms with Crippen LogP contribution in [0.15, 0.2) is 40.7 Å². The van der Waals surface area contributed by atoms with E-state index in [4.69, 9.17) is 0 Å². The van der Waals surface area contributed by atoms with Gasteiger partial charge in [0.2, 0.25) is 0 Å². The van der Waals surface area contributed by atoms with Gasteiger partial charge in [0.25, 0.3) is 0 Å². The molecule has 1 atom stereocenters. The topological polar surface area (TPSA) is 24.4 Å². The molecule has 1 aliphatic carbocycles. The van der Waals surface area contributed by atoms with Crippen molar-refractivity contribution in [2.24, 2.45) is 10.9 Å². The standard InChI is InChI=1S/C11H14N2/c1-8-3-5-10-11(6-4-8)13-9(2)7-12-10/h3-6,8,12H,7H2,1-2H3. The van der Waals surface area contributed by atoms with E-state index in [1.807, 2.05) is 6.92 Å². The number of aliphatic imine (C=N–C) groups is 1. The first-order valence-corrected chi connectivity index (χ1v) is 4.64. The molecule has 0 saturated carbocycles. The summed E-state index contributed by atoms with van der Waals surface area (Å²) in [6, 6.07) is 0. The predicted molar refractivity (Wildman–Crippen MR) is 55.6 cm³/mol. The van der Waals surface area contributed by atoms with E-state index < -0.39 is 0 Å². The van der Waals surface area contributed by atoms with Crippen LogP contribution in [0.25, 0.3) is 0 Å². The number of hydrogen-bond donors (Lipinski definition) is 1. The highest BCUT2D eigenvalue weighted by atomic mass is 15.0. The maximum absolute atomic E-state index is 4.49. The third kappa shape index (κ3) is 1.72. The van der Waals surface area contributed by atoms with Gasteiger partial charge in [0.15, 0.2) is 0 Å². The van der Waals surface area contributed by atoms with Gasteiger partial charge >= 0.3 is 0 Å². The molecule has 0 saturated heterocycles. The van der Waals surface area contributed by atoms with E-state index in [0.29, 0.717) is 5.92 Å². The Morgan fingerprint density at radius 1 is 1.38 bits per heavy atom. The Morgan fingerprint density at radius 2 is 2.15 bits per heavy atom. The highest BCUT2D eigenvalue weighted by Gasteiger charge is 2.09. The van der Waals surface area contributed by atoms with E-state index in [-0.39, 0.29) is 0 Å². The van der Waals surface area contributed by atoms with Gasteiger partial charge in [-0.15, -0.1) is 0 Å². The minimum Gasteiger partial charge on any atom is -0.378 e. The number of rotatable bonds is 0. The van der Waals surface area contributed by atoms with Crippen molar-refractivity contribution in [2.45, 2.75) is 13.8 Å². The molecule has 1 N–H and O–H groups in total. The predicted octanol–water partition coefficient (Wildman–Crippen LogP) is 2.02. The molecule has 0 aromatic heterocycles. The minimum absolute atomic E-state index is 0.503. The molecule has 0 radical (unpaired) electrons. The smallest absolute Gasteiger partial charge is 0.0858 e. The van der Waals surface area contributed by atoms with Gasteiger partial charge in [0.05, 0.1) is 17.9 Å². The highest BCUT2D eigenvalue weighted by Crippen LogP contribution is 2.17. The van der Waals surface area contributed by atoms with E-state index in [2.05, 4.69) is 41.5 Å². The molecule has 13 heavy (non-hydrogen) atoms. The van der Waals surface area contributed by atoms with Crippen LogP contribution >= 0.6 is 0 Å². The second kappa shape index (κ2) is 3.21. The van der Waals surface area contributed by atoms with Gasteiger partial charge in [-0.05, 0) is 25.0 Å². The Morgan fingerprint density at radius 3 is 3.00 bits per heavy atom. The summed E-state index contributed by atoms with van der Waals surface area (Å²) in [6.07, 6.45) is 8.57. The van der Waals surface area contributed by atoms with Gasteiger partial charge in [-0.3, -0.25) is 4.99 Å². The molecular weight excluding hydrogens is 160 g/mol. The summed E-state index contributed by atoms with van der Waals surface area (Å²) in [6.45, 7) is 5.08. The van der Waals surface area contributed by atoms with Crippen molar-refractivity contribution in [1.29, 1.82) is 0 Å². The summed E-state index contributed by atoms with van der Waals surface area (Å²) in [5, 5.41) is 3.34. The molecule has 0 amide bonds. The fraction of sp³-hybridized carbons (Fsp3) is 0.364. The molecule has 0 aromatic rings. The summed E-state index contributed by atoms with van der Waals surface area (Å²) in [7, 11) is 0. The van der Waals surface area contributed by atoms with Crippen LogP contribution in [0, 0.1) is 5.92 Å². The largest absolute Gasteiger partial charge is 0.378 e. The molecule has 1 heterocycles. The van der Waals surface area contributed by atoms with Crippen molar-refractivity contribution in [1.82, 2.24) is 5.32 Å². The quantitative estimate of drug-likeness (QED) is 0.597.